The number of rotatable bonds is 38. The van der Waals surface area contributed by atoms with Crippen LogP contribution < -0.4 is 52.0 Å². The SMILES string of the molecule is CC(Oc1cccc2c1C(=O)N(C1CCC(=O)NC1=O)C2=O)C(=O)O.CNC(=O)c1cnc2ccc(CCCCCCCCCCCNC(=O)C(C)Oc3cccc4c3C(=O)N(C3CCC(=O)NC3=O)C4=O)cc2c1Nc1ccccc1.CNC(=O)c1cnc2ccc(CCCCCCCCCCCNC(=O)OC(C)(C)C)cc2c1Nc1ccccc1. The van der Waals surface area contributed by atoms with E-state index in [2.05, 4.69) is 82.8 Å². The first-order valence-electron chi connectivity index (χ1n) is 42.1. The minimum absolute atomic E-state index is 0.0131. The molecule has 2 fully saturated rings. The number of hydrogen-bond donors (Lipinski definition) is 9. The number of carbonyl (C=O) groups is 13. The second-order valence-corrected chi connectivity index (χ2v) is 31.6. The molecule has 29 heteroatoms. The number of carbonyl (C=O) groups excluding carboxylic acids is 12. The van der Waals surface area contributed by atoms with Gasteiger partial charge in [-0.2, -0.15) is 0 Å². The Balaban J connectivity index is 0.000000208. The highest BCUT2D eigenvalue weighted by molar-refractivity contribution is 6.26. The summed E-state index contributed by atoms with van der Waals surface area (Å²) in [6.45, 7) is 9.68. The number of unbranched alkanes of at least 4 members (excludes halogenated alkanes) is 16. The van der Waals surface area contributed by atoms with E-state index in [0.717, 1.165) is 125 Å². The van der Waals surface area contributed by atoms with Crippen molar-refractivity contribution in [3.05, 3.63) is 190 Å². The molecule has 4 aliphatic rings. The Labute approximate surface area is 709 Å². The molecule has 4 atom stereocenters. The molecule has 2 aromatic heterocycles. The summed E-state index contributed by atoms with van der Waals surface area (Å²) >= 11 is 0. The van der Waals surface area contributed by atoms with E-state index in [4.69, 9.17) is 19.3 Å². The first-order valence-corrected chi connectivity index (χ1v) is 42.1. The molecule has 0 radical (unpaired) electrons. The van der Waals surface area contributed by atoms with Gasteiger partial charge in [-0.25, -0.2) is 9.59 Å². The number of nitrogens with zero attached hydrogens (tertiary/aromatic N) is 4. The van der Waals surface area contributed by atoms with Gasteiger partial charge in [-0.1, -0.05) is 151 Å². The van der Waals surface area contributed by atoms with Crippen LogP contribution in [-0.4, -0.2) is 159 Å². The maximum Gasteiger partial charge on any atom is 0.407 e. The number of anilines is 4. The number of aromatic nitrogens is 2. The van der Waals surface area contributed by atoms with Crippen LogP contribution in [-0.2, 0) is 46.3 Å². The number of piperidine rings is 2. The monoisotopic (exact) mass is 1670 g/mol. The van der Waals surface area contributed by atoms with E-state index in [1.165, 1.54) is 106 Å². The summed E-state index contributed by atoms with van der Waals surface area (Å²) in [5, 5.41) is 33.2. The zero-order valence-electron chi connectivity index (χ0n) is 70.3. The Bertz CT molecular complexity index is 5130. The number of imide groups is 4. The molecule has 12 amide bonds. The number of para-hydroxylation sites is 2. The highest BCUT2D eigenvalue weighted by atomic mass is 16.6. The summed E-state index contributed by atoms with van der Waals surface area (Å²) in [5.74, 6) is -6.89. The molecule has 8 aromatic rings. The van der Waals surface area contributed by atoms with Gasteiger partial charge >= 0.3 is 12.1 Å². The minimum atomic E-state index is -1.23. The van der Waals surface area contributed by atoms with Crippen LogP contribution in [0.25, 0.3) is 21.8 Å². The van der Waals surface area contributed by atoms with Crippen molar-refractivity contribution in [1.29, 1.82) is 0 Å². The summed E-state index contributed by atoms with van der Waals surface area (Å²) in [4.78, 5) is 170. The van der Waals surface area contributed by atoms with Crippen molar-refractivity contribution in [3.8, 4) is 11.5 Å². The number of aryl methyl sites for hydroxylation is 2. The van der Waals surface area contributed by atoms with Crippen LogP contribution in [0.4, 0.5) is 27.5 Å². The normalized spacial score (nSPS) is 15.3. The Morgan fingerprint density at radius 2 is 0.861 bits per heavy atom. The van der Waals surface area contributed by atoms with Crippen LogP contribution in [0, 0.1) is 0 Å². The van der Waals surface area contributed by atoms with Crippen molar-refractivity contribution in [2.45, 2.75) is 219 Å². The number of carboxylic acid groups (broad SMARTS) is 1. The van der Waals surface area contributed by atoms with Crippen molar-refractivity contribution in [1.82, 2.24) is 51.7 Å². The lowest BCUT2D eigenvalue weighted by molar-refractivity contribution is -0.144. The number of nitrogens with one attached hydrogen (secondary N) is 8. The van der Waals surface area contributed by atoms with Crippen LogP contribution in [0.3, 0.4) is 0 Å². The van der Waals surface area contributed by atoms with Gasteiger partial charge in [-0.05, 0) is 170 Å². The number of hydrogen-bond acceptors (Lipinski definition) is 20. The summed E-state index contributed by atoms with van der Waals surface area (Å²) in [6, 6.07) is 39.1. The van der Waals surface area contributed by atoms with Crippen molar-refractivity contribution < 1.29 is 81.6 Å². The number of amides is 12. The van der Waals surface area contributed by atoms with Gasteiger partial charge in [-0.15, -0.1) is 0 Å². The first kappa shape index (κ1) is 91.4. The molecule has 0 saturated carbocycles. The van der Waals surface area contributed by atoms with Crippen molar-refractivity contribution >= 4 is 122 Å². The Morgan fingerprint density at radius 3 is 1.25 bits per heavy atom. The molecule has 122 heavy (non-hydrogen) atoms. The van der Waals surface area contributed by atoms with Gasteiger partial charge in [0.2, 0.25) is 23.6 Å². The standard InChI is InChI=1S/C44H50N6O7.C33H46N4O3.C16H14N2O7/c1-28(57-36-20-15-19-31-38(36)44(56)50(43(31)55)35-23-24-37(51)49-42(35)54)40(52)46-25-14-9-7-5-3-4-6-8-11-16-29-21-22-34-32(26-29)39(33(27-47-34)41(53)45-2)48-30-17-12-10-13-18-30;1-33(2,3)40-32(39)35-22-16-11-9-7-5-6-8-10-13-17-25-20-21-29-27(23-25)30(28(24-36-29)31(38)34-4)37-26-18-14-12-15-19-26;1-7(16(23)24)25-10-4-2-3-8-12(10)15(22)18(14(8)21)9-5-6-11(19)17-13(9)20/h10,12-13,15,17-22,26-28,35H,3-9,11,14,16,23-25H2,1-2H3,(H,45,53)(H,46,52)(H,47,48)(H,49,51,54);12,14-15,18-21,23-24H,5-11,13,16-17,22H2,1-4H3,(H,34,38)(H,35,39)(H,36,37);2-4,7,9H,5-6H2,1H3,(H,23,24)(H,17,19,20). The molecule has 29 nitrogen and oxygen atoms in total. The molecule has 0 bridgehead atoms. The molecule has 0 aliphatic carbocycles. The summed E-state index contributed by atoms with van der Waals surface area (Å²) < 4.78 is 16.4. The van der Waals surface area contributed by atoms with Gasteiger partial charge in [0, 0.05) is 74.6 Å². The number of ether oxygens (including phenoxy) is 3. The zero-order valence-corrected chi connectivity index (χ0v) is 70.3. The predicted molar refractivity (Wildman–Crippen MR) is 462 cm³/mol. The van der Waals surface area contributed by atoms with Crippen LogP contribution in [0.2, 0.25) is 0 Å². The molecular formula is C93H110N12O17. The molecule has 6 heterocycles. The van der Waals surface area contributed by atoms with Crippen molar-refractivity contribution in [2.75, 3.05) is 37.8 Å². The predicted octanol–water partition coefficient (Wildman–Crippen LogP) is 14.2. The number of alkyl carbamates (subject to hydrolysis) is 1. The molecule has 6 aromatic carbocycles. The zero-order chi connectivity index (χ0) is 87.4. The number of pyridine rings is 2. The quantitative estimate of drug-likeness (QED) is 0.0128. The third-order valence-electron chi connectivity index (χ3n) is 21.3. The average Bonchev–Trinajstić information content (AvgIpc) is 1.59. The topological polar surface area (TPSA) is 398 Å². The lowest BCUT2D eigenvalue weighted by Crippen LogP contribution is -2.54. The largest absolute Gasteiger partial charge is 0.480 e. The fraction of sp³-hybridized carbons (Fsp3) is 0.409. The van der Waals surface area contributed by atoms with E-state index in [1.807, 2.05) is 87.5 Å². The lowest BCUT2D eigenvalue weighted by atomic mass is 10.0. The average molecular weight is 1670 g/mol. The molecule has 12 rings (SSSR count). The molecular weight excluding hydrogens is 1560 g/mol. The van der Waals surface area contributed by atoms with Crippen LogP contribution in [0.1, 0.15) is 249 Å². The summed E-state index contributed by atoms with van der Waals surface area (Å²) in [6.07, 6.45) is 23.4. The maximum absolute atomic E-state index is 13.3. The third kappa shape index (κ3) is 24.9. The highest BCUT2D eigenvalue weighted by Crippen LogP contribution is 2.38. The van der Waals surface area contributed by atoms with E-state index in [1.54, 1.807) is 39.5 Å². The second kappa shape index (κ2) is 44.4. The smallest absolute Gasteiger partial charge is 0.407 e. The first-order chi connectivity index (χ1) is 58.7. The van der Waals surface area contributed by atoms with Crippen molar-refractivity contribution in [3.63, 3.8) is 0 Å². The van der Waals surface area contributed by atoms with Crippen molar-refractivity contribution in [2.24, 2.45) is 0 Å². The van der Waals surface area contributed by atoms with Gasteiger partial charge in [0.1, 0.15) is 29.2 Å². The van der Waals surface area contributed by atoms with Crippen LogP contribution >= 0.6 is 0 Å². The molecule has 4 unspecified atom stereocenters. The van der Waals surface area contributed by atoms with E-state index < -0.39 is 83.1 Å². The van der Waals surface area contributed by atoms with E-state index in [-0.39, 0.29) is 83.3 Å². The van der Waals surface area contributed by atoms with Gasteiger partial charge in [-0.3, -0.25) is 83.1 Å². The maximum atomic E-state index is 13.3. The molecule has 4 aliphatic heterocycles. The second-order valence-electron chi connectivity index (χ2n) is 31.6. The Kier molecular flexibility index (Phi) is 33.2. The van der Waals surface area contributed by atoms with E-state index in [0.29, 0.717) is 24.2 Å². The van der Waals surface area contributed by atoms with Gasteiger partial charge in [0.25, 0.3) is 41.4 Å². The van der Waals surface area contributed by atoms with Crippen LogP contribution in [0.5, 0.6) is 11.5 Å². The lowest BCUT2D eigenvalue weighted by Gasteiger charge is -2.27. The van der Waals surface area contributed by atoms with Gasteiger partial charge in [0.15, 0.2) is 12.2 Å². The fourth-order valence-corrected chi connectivity index (χ4v) is 14.9. The van der Waals surface area contributed by atoms with E-state index in [9.17, 15) is 62.3 Å². The fourth-order valence-electron chi connectivity index (χ4n) is 14.9. The summed E-state index contributed by atoms with van der Waals surface area (Å²) in [5.41, 5.74) is 8.23. The number of fused-ring (bicyclic) bond motifs is 4. The van der Waals surface area contributed by atoms with Gasteiger partial charge < -0.3 is 51.2 Å². The molecule has 0 spiro atoms. The Hall–Kier alpha value is -13.0. The third-order valence-corrected chi connectivity index (χ3v) is 21.3. The highest BCUT2D eigenvalue weighted by Gasteiger charge is 2.48. The number of carboxylic acids is 1. The van der Waals surface area contributed by atoms with Crippen LogP contribution in [0.15, 0.2) is 146 Å². The Morgan fingerprint density at radius 1 is 0.475 bits per heavy atom. The molecule has 644 valence electrons. The van der Waals surface area contributed by atoms with E-state index >= 15 is 0 Å². The molecule has 2 saturated heterocycles. The molecule has 9 N–H and O–H groups in total. The summed E-state index contributed by atoms with van der Waals surface area (Å²) in [7, 11) is 3.26. The number of aliphatic carboxylic acids is 1. The number of benzene rings is 6. The van der Waals surface area contributed by atoms with Gasteiger partial charge in [0.05, 0.1) is 55.8 Å². The minimum Gasteiger partial charge on any atom is -0.480 e.